The van der Waals surface area contributed by atoms with Crippen LogP contribution in [0.2, 0.25) is 0 Å². The van der Waals surface area contributed by atoms with E-state index in [9.17, 15) is 29.1 Å². The minimum absolute atomic E-state index is 0. The van der Waals surface area contributed by atoms with Crippen LogP contribution in [0, 0.1) is 0 Å². The van der Waals surface area contributed by atoms with Crippen LogP contribution >= 0.6 is 0 Å². The first kappa shape index (κ1) is 67.1. The molecule has 0 aliphatic carbocycles. The number of amides is 4. The zero-order chi connectivity index (χ0) is 59.1. The van der Waals surface area contributed by atoms with Crippen LogP contribution in [-0.4, -0.2) is 91.0 Å². The van der Waals surface area contributed by atoms with Gasteiger partial charge in [0.2, 0.25) is 0 Å². The van der Waals surface area contributed by atoms with Gasteiger partial charge in [-0.2, -0.15) is 16.9 Å². The molecule has 4 amide bonds. The summed E-state index contributed by atoms with van der Waals surface area (Å²) in [6, 6.07) is 25.1. The number of ether oxygens (including phenoxy) is 6. The molecule has 0 radical (unpaired) electrons. The third-order valence-electron chi connectivity index (χ3n) is 9.70. The first-order valence-corrected chi connectivity index (χ1v) is 25.1. The minimum Gasteiger partial charge on any atom is -0.857 e. The molecule has 0 unspecified atom stereocenters. The van der Waals surface area contributed by atoms with Crippen molar-refractivity contribution in [3.63, 3.8) is 0 Å². The topological polar surface area (TPSA) is 268 Å². The van der Waals surface area contributed by atoms with E-state index in [4.69, 9.17) is 42.6 Å². The molecule has 0 fully saturated rings. The fourth-order valence-corrected chi connectivity index (χ4v) is 6.66. The standard InChI is InChI=1S/C31H39N3O8.C26H31N3O6.CH3O.Na/c1-29(2,3)39-26(35)34(27(36)40-30(4,5)6)25-23(11-10-16-32-25)24-18-22(33-42-24)17-20-12-14-21(15-13-20)19-38-28(37)41-31(7,8)9;1-25(2,3)33-23(31)29(24(32)34-26(4,5)6)22-20(8-7-13-27-22)21-15-19(28-35-21)14-17-9-11-18(16-30)12-10-17;1-2;/h10-16,18H,17,19H2,1-9H3;7-13,15,30H,14,16H2,1-6H3;1H3;/q;;-1;+1. The van der Waals surface area contributed by atoms with Crippen LogP contribution in [0.15, 0.2) is 106 Å². The molecule has 0 saturated carbocycles. The van der Waals surface area contributed by atoms with Gasteiger partial charge in [-0.1, -0.05) is 58.8 Å². The van der Waals surface area contributed by atoms with Gasteiger partial charge in [0.25, 0.3) is 0 Å². The normalized spacial score (nSPS) is 11.5. The Morgan fingerprint density at radius 1 is 0.487 bits per heavy atom. The van der Waals surface area contributed by atoms with Crippen molar-refractivity contribution in [3.8, 4) is 22.6 Å². The molecule has 6 rings (SSSR count). The fraction of sp³-hybridized carbons (Fsp3) is 0.431. The monoisotopic (exact) mass is 1120 g/mol. The number of pyridine rings is 2. The van der Waals surface area contributed by atoms with E-state index in [1.807, 2.05) is 48.5 Å². The van der Waals surface area contributed by atoms with Crippen molar-refractivity contribution in [2.24, 2.45) is 0 Å². The van der Waals surface area contributed by atoms with Crippen LogP contribution in [0.25, 0.3) is 22.6 Å². The van der Waals surface area contributed by atoms with Gasteiger partial charge in [-0.15, -0.1) is 0 Å². The number of hydrogen-bond donors (Lipinski definition) is 1. The predicted molar refractivity (Wildman–Crippen MR) is 291 cm³/mol. The Morgan fingerprint density at radius 3 is 1.11 bits per heavy atom. The predicted octanol–water partition coefficient (Wildman–Crippen LogP) is 8.93. The van der Waals surface area contributed by atoms with Crippen LogP contribution < -0.4 is 44.5 Å². The van der Waals surface area contributed by atoms with Crippen LogP contribution in [0.4, 0.5) is 35.6 Å². The second-order valence-electron chi connectivity index (χ2n) is 22.6. The number of rotatable bonds is 11. The first-order chi connectivity index (χ1) is 36.8. The van der Waals surface area contributed by atoms with E-state index < -0.39 is 58.5 Å². The molecule has 0 spiro atoms. The summed E-state index contributed by atoms with van der Waals surface area (Å²) in [7, 11) is 0.750. The quantitative estimate of drug-likeness (QED) is 0.0720. The summed E-state index contributed by atoms with van der Waals surface area (Å²) >= 11 is 0. The van der Waals surface area contributed by atoms with Crippen molar-refractivity contribution in [1.29, 1.82) is 0 Å². The van der Waals surface area contributed by atoms with Crippen molar-refractivity contribution < 1.29 is 101 Å². The van der Waals surface area contributed by atoms with Crippen LogP contribution in [0.3, 0.4) is 0 Å². The van der Waals surface area contributed by atoms with Gasteiger partial charge in [-0.3, -0.25) is 0 Å². The van der Waals surface area contributed by atoms with E-state index in [0.29, 0.717) is 46.9 Å². The minimum atomic E-state index is -0.938. The molecular formula is C58H73N6NaO15. The molecule has 2 aromatic carbocycles. The molecule has 21 nitrogen and oxygen atoms in total. The van der Waals surface area contributed by atoms with Gasteiger partial charge in [-0.25, -0.2) is 33.9 Å². The van der Waals surface area contributed by atoms with Gasteiger partial charge in [0.1, 0.15) is 34.6 Å². The number of benzene rings is 2. The van der Waals surface area contributed by atoms with Gasteiger partial charge < -0.3 is 47.7 Å². The summed E-state index contributed by atoms with van der Waals surface area (Å²) in [6.07, 6.45) is -0.605. The Kier molecular flexibility index (Phi) is 24.2. The van der Waals surface area contributed by atoms with Gasteiger partial charge in [0.15, 0.2) is 23.2 Å². The second-order valence-corrected chi connectivity index (χ2v) is 22.6. The molecule has 22 heteroatoms. The molecule has 0 bridgehead atoms. The van der Waals surface area contributed by atoms with Crippen LogP contribution in [-0.2, 0) is 54.5 Å². The Labute approximate surface area is 489 Å². The van der Waals surface area contributed by atoms with Gasteiger partial charge in [0.05, 0.1) is 29.1 Å². The molecular weight excluding hydrogens is 1040 g/mol. The van der Waals surface area contributed by atoms with Crippen molar-refractivity contribution in [2.45, 2.75) is 158 Å². The van der Waals surface area contributed by atoms with Crippen LogP contribution in [0.5, 0.6) is 0 Å². The maximum atomic E-state index is 13.2. The van der Waals surface area contributed by atoms with Gasteiger partial charge >= 0.3 is 60.1 Å². The van der Waals surface area contributed by atoms with Crippen molar-refractivity contribution >= 4 is 42.2 Å². The number of imide groups is 2. The molecule has 0 saturated heterocycles. The summed E-state index contributed by atoms with van der Waals surface area (Å²) in [5.41, 5.74) is 1.45. The number of anilines is 2. The first-order valence-electron chi connectivity index (χ1n) is 25.1. The number of carbonyl (C=O) groups is 5. The molecule has 0 aliphatic heterocycles. The van der Waals surface area contributed by atoms with Gasteiger partial charge in [-0.05, 0) is 150 Å². The molecule has 1 N–H and O–H groups in total. The van der Waals surface area contributed by atoms with Crippen molar-refractivity contribution in [1.82, 2.24) is 20.3 Å². The maximum absolute atomic E-state index is 13.2. The van der Waals surface area contributed by atoms with Crippen molar-refractivity contribution in [3.05, 3.63) is 131 Å². The average Bonchev–Trinajstić information content (AvgIpc) is 4.00. The SMILES string of the molecule is CC(C)(C)OC(=O)N(C(=O)OC(C)(C)C)c1ncccc1-c1cc(Cc2ccc(CO)cc2)no1.CC(C)(C)OC(=O)OCc1ccc(Cc2cc(-c3cccnc3N(C(=O)OC(C)(C)C)C(=O)OC(C)(C)C)on2)cc1.C[O-].[Na+]. The summed E-state index contributed by atoms with van der Waals surface area (Å²) in [6.45, 7) is 25.7. The third kappa shape index (κ3) is 22.2. The Hall–Kier alpha value is -7.17. The van der Waals surface area contributed by atoms with E-state index >= 15 is 0 Å². The van der Waals surface area contributed by atoms with Crippen LogP contribution in [0.1, 0.15) is 137 Å². The summed E-state index contributed by atoms with van der Waals surface area (Å²) < 4.78 is 43.4. The summed E-state index contributed by atoms with van der Waals surface area (Å²) in [4.78, 5) is 74.4. The third-order valence-corrected chi connectivity index (χ3v) is 9.70. The number of nitrogens with zero attached hydrogens (tertiary/aromatic N) is 6. The smallest absolute Gasteiger partial charge is 0.857 e. The van der Waals surface area contributed by atoms with E-state index in [-0.39, 0.29) is 54.4 Å². The number of hydrogen-bond acceptors (Lipinski definition) is 19. The summed E-state index contributed by atoms with van der Waals surface area (Å²) in [5, 5.41) is 25.8. The zero-order valence-electron chi connectivity index (χ0n) is 48.9. The molecule has 426 valence electrons. The maximum Gasteiger partial charge on any atom is 1.00 e. The van der Waals surface area contributed by atoms with Crippen molar-refractivity contribution in [2.75, 3.05) is 16.9 Å². The second kappa shape index (κ2) is 28.8. The summed E-state index contributed by atoms with van der Waals surface area (Å²) in [5.74, 6) is 0.615. The fourth-order valence-electron chi connectivity index (χ4n) is 6.66. The molecule has 80 heavy (non-hydrogen) atoms. The number of carbonyl (C=O) groups excluding carboxylic acids is 5. The number of aliphatic hydroxyl groups excluding tert-OH is 1. The van der Waals surface area contributed by atoms with E-state index in [1.165, 1.54) is 12.4 Å². The average molecular weight is 1120 g/mol. The van der Waals surface area contributed by atoms with E-state index in [2.05, 4.69) is 20.3 Å². The molecule has 0 atom stereocenters. The molecule has 4 aromatic heterocycles. The zero-order valence-corrected chi connectivity index (χ0v) is 50.9. The Balaban J connectivity index is 0.000000409. The Morgan fingerprint density at radius 2 is 0.800 bits per heavy atom. The Bertz CT molecular complexity index is 2920. The number of aliphatic hydroxyl groups is 1. The molecule has 6 aromatic rings. The molecule has 0 aliphatic rings. The largest absolute Gasteiger partial charge is 1.00 e. The molecule has 4 heterocycles. The van der Waals surface area contributed by atoms with Gasteiger partial charge in [0, 0.05) is 37.4 Å². The number of aromatic nitrogens is 4. The van der Waals surface area contributed by atoms with E-state index in [1.54, 1.807) is 140 Å². The van der Waals surface area contributed by atoms with E-state index in [0.717, 1.165) is 39.2 Å².